The van der Waals surface area contributed by atoms with Gasteiger partial charge in [-0.3, -0.25) is 0 Å². The monoisotopic (exact) mass is 304 g/mol. The van der Waals surface area contributed by atoms with Crippen molar-refractivity contribution in [3.63, 3.8) is 0 Å². The predicted octanol–water partition coefficient (Wildman–Crippen LogP) is 1.75. The largest absolute Gasteiger partial charge is 0.473 e. The molecular formula is C15H16N2O5. The van der Waals surface area contributed by atoms with Gasteiger partial charge in [0.25, 0.3) is 5.79 Å². The average molecular weight is 304 g/mol. The first-order valence-electron chi connectivity index (χ1n) is 7.00. The van der Waals surface area contributed by atoms with Gasteiger partial charge in [-0.05, 0) is 25.0 Å². The Labute approximate surface area is 127 Å². The molecule has 1 saturated carbocycles. The van der Waals surface area contributed by atoms with Crippen LogP contribution in [0.15, 0.2) is 30.1 Å². The minimum absolute atomic E-state index is 0.188. The number of pyridine rings is 1. The summed E-state index contributed by atoms with van der Waals surface area (Å²) in [5.41, 5.74) is 0.355. The zero-order valence-electron chi connectivity index (χ0n) is 12.3. The molecule has 7 nitrogen and oxygen atoms in total. The van der Waals surface area contributed by atoms with Crippen LogP contribution in [0.3, 0.4) is 0 Å². The average Bonchev–Trinajstić information content (AvgIpc) is 3.22. The van der Waals surface area contributed by atoms with E-state index in [0.717, 1.165) is 12.8 Å². The summed E-state index contributed by atoms with van der Waals surface area (Å²) in [4.78, 5) is 27.8. The van der Waals surface area contributed by atoms with Crippen molar-refractivity contribution >= 4 is 17.6 Å². The Morgan fingerprint density at radius 3 is 2.64 bits per heavy atom. The Balaban J connectivity index is 1.76. The topological polar surface area (TPSA) is 86.8 Å². The number of cyclic esters (lactones) is 2. The second-order valence-electron chi connectivity index (χ2n) is 5.55. The molecule has 7 heteroatoms. The number of nitrogens with one attached hydrogen (secondary N) is 1. The molecule has 0 unspecified atom stereocenters. The zero-order chi connectivity index (χ0) is 15.7. The van der Waals surface area contributed by atoms with Crippen molar-refractivity contribution < 1.29 is 23.8 Å². The highest BCUT2D eigenvalue weighted by Gasteiger charge is 2.39. The number of hydrogen-bond donors (Lipinski definition) is 1. The van der Waals surface area contributed by atoms with E-state index in [1.54, 1.807) is 18.3 Å². The van der Waals surface area contributed by atoms with Gasteiger partial charge in [0.15, 0.2) is 5.57 Å². The van der Waals surface area contributed by atoms with Gasteiger partial charge < -0.3 is 19.5 Å². The van der Waals surface area contributed by atoms with Gasteiger partial charge in [-0.1, -0.05) is 0 Å². The van der Waals surface area contributed by atoms with Crippen LogP contribution in [0, 0.1) is 0 Å². The first-order valence-corrected chi connectivity index (χ1v) is 7.00. The van der Waals surface area contributed by atoms with E-state index in [1.165, 1.54) is 20.0 Å². The predicted molar refractivity (Wildman–Crippen MR) is 75.9 cm³/mol. The molecule has 0 atom stereocenters. The molecule has 1 saturated heterocycles. The van der Waals surface area contributed by atoms with Crippen LogP contribution < -0.4 is 10.1 Å². The number of hydrogen-bond acceptors (Lipinski definition) is 7. The Hall–Kier alpha value is -2.57. The molecule has 1 N–H and O–H groups in total. The number of aromatic nitrogens is 1. The Morgan fingerprint density at radius 2 is 2.00 bits per heavy atom. The Morgan fingerprint density at radius 1 is 1.32 bits per heavy atom. The fourth-order valence-corrected chi connectivity index (χ4v) is 1.87. The van der Waals surface area contributed by atoms with Gasteiger partial charge in [-0.25, -0.2) is 14.6 Å². The molecule has 2 heterocycles. The second-order valence-corrected chi connectivity index (χ2v) is 5.55. The van der Waals surface area contributed by atoms with Crippen LogP contribution in [0.4, 0.5) is 5.69 Å². The van der Waals surface area contributed by atoms with Gasteiger partial charge in [0.1, 0.15) is 11.8 Å². The van der Waals surface area contributed by atoms with E-state index in [-0.39, 0.29) is 11.7 Å². The number of anilines is 1. The fourth-order valence-electron chi connectivity index (χ4n) is 1.87. The van der Waals surface area contributed by atoms with Crippen LogP contribution in [0.2, 0.25) is 0 Å². The molecule has 22 heavy (non-hydrogen) atoms. The van der Waals surface area contributed by atoms with Crippen molar-refractivity contribution in [2.45, 2.75) is 38.6 Å². The normalized spacial score (nSPS) is 20.0. The van der Waals surface area contributed by atoms with E-state index in [2.05, 4.69) is 10.3 Å². The van der Waals surface area contributed by atoms with E-state index >= 15 is 0 Å². The lowest BCUT2D eigenvalue weighted by atomic mass is 10.2. The van der Waals surface area contributed by atoms with Gasteiger partial charge in [0, 0.05) is 26.2 Å². The molecule has 2 fully saturated rings. The quantitative estimate of drug-likeness (QED) is 0.515. The lowest BCUT2D eigenvalue weighted by Gasteiger charge is -2.29. The summed E-state index contributed by atoms with van der Waals surface area (Å²) in [6, 6.07) is 3.46. The molecular weight excluding hydrogens is 288 g/mol. The van der Waals surface area contributed by atoms with Crippen LogP contribution in [0.1, 0.15) is 26.7 Å². The van der Waals surface area contributed by atoms with Gasteiger partial charge in [-0.15, -0.1) is 0 Å². The first-order chi connectivity index (χ1) is 10.4. The highest BCUT2D eigenvalue weighted by molar-refractivity contribution is 6.15. The van der Waals surface area contributed by atoms with Crippen molar-refractivity contribution in [1.29, 1.82) is 0 Å². The van der Waals surface area contributed by atoms with E-state index in [1.807, 2.05) is 0 Å². The van der Waals surface area contributed by atoms with E-state index in [0.29, 0.717) is 11.6 Å². The maximum atomic E-state index is 11.8. The summed E-state index contributed by atoms with van der Waals surface area (Å²) in [5, 5.41) is 2.85. The minimum Gasteiger partial charge on any atom is -0.473 e. The van der Waals surface area contributed by atoms with Gasteiger partial charge >= 0.3 is 11.9 Å². The fraction of sp³-hybridized carbons (Fsp3) is 0.400. The molecule has 2 aliphatic rings. The smallest absolute Gasteiger partial charge is 0.350 e. The number of esters is 2. The van der Waals surface area contributed by atoms with Gasteiger partial charge in [0.2, 0.25) is 5.88 Å². The standard InChI is InChI=1S/C15H16N2O5/c1-15(2)21-13(18)10(14(19)22-15)8-17-11-4-3-7-16-12(11)20-9-5-6-9/h3-4,7-9,17H,5-6H2,1-2H3. The van der Waals surface area contributed by atoms with Gasteiger partial charge in [-0.2, -0.15) is 0 Å². The molecule has 116 valence electrons. The molecule has 0 bridgehead atoms. The number of rotatable bonds is 4. The van der Waals surface area contributed by atoms with E-state index < -0.39 is 17.7 Å². The third kappa shape index (κ3) is 3.19. The van der Waals surface area contributed by atoms with Crippen LogP contribution in [-0.4, -0.2) is 28.8 Å². The lowest BCUT2D eigenvalue weighted by molar-refractivity contribution is -0.222. The number of carbonyl (C=O) groups is 2. The van der Waals surface area contributed by atoms with Crippen molar-refractivity contribution in [3.05, 3.63) is 30.1 Å². The van der Waals surface area contributed by atoms with Crippen molar-refractivity contribution in [1.82, 2.24) is 4.98 Å². The third-order valence-electron chi connectivity index (χ3n) is 3.06. The van der Waals surface area contributed by atoms with Crippen LogP contribution in [-0.2, 0) is 19.1 Å². The van der Waals surface area contributed by atoms with Crippen molar-refractivity contribution in [3.8, 4) is 5.88 Å². The Bertz CT molecular complexity index is 627. The summed E-state index contributed by atoms with van der Waals surface area (Å²) in [6.45, 7) is 2.99. The molecule has 1 aliphatic heterocycles. The molecule has 0 aromatic carbocycles. The molecule has 1 aliphatic carbocycles. The second kappa shape index (κ2) is 5.32. The van der Waals surface area contributed by atoms with Gasteiger partial charge in [0.05, 0.1) is 0 Å². The summed E-state index contributed by atoms with van der Waals surface area (Å²) >= 11 is 0. The molecule has 0 spiro atoms. The number of ether oxygens (including phenoxy) is 3. The van der Waals surface area contributed by atoms with Crippen LogP contribution in [0.5, 0.6) is 5.88 Å². The maximum absolute atomic E-state index is 11.8. The minimum atomic E-state index is -1.25. The molecule has 1 aromatic heterocycles. The van der Waals surface area contributed by atoms with Crippen molar-refractivity contribution in [2.24, 2.45) is 0 Å². The molecule has 1 aromatic rings. The SMILES string of the molecule is CC1(C)OC(=O)C(=CNc2cccnc2OC2CC2)C(=O)O1. The maximum Gasteiger partial charge on any atom is 0.350 e. The first kappa shape index (κ1) is 14.4. The summed E-state index contributed by atoms with van der Waals surface area (Å²) < 4.78 is 15.7. The van der Waals surface area contributed by atoms with E-state index in [9.17, 15) is 9.59 Å². The molecule has 0 amide bonds. The molecule has 0 radical (unpaired) electrons. The summed E-state index contributed by atoms with van der Waals surface area (Å²) in [6.07, 6.45) is 5.06. The number of nitrogens with zero attached hydrogens (tertiary/aromatic N) is 1. The molecule has 3 rings (SSSR count). The van der Waals surface area contributed by atoms with Crippen LogP contribution >= 0.6 is 0 Å². The lowest BCUT2D eigenvalue weighted by Crippen LogP contribution is -2.42. The summed E-state index contributed by atoms with van der Waals surface area (Å²) in [5.74, 6) is -2.29. The highest BCUT2D eigenvalue weighted by atomic mass is 16.7. The van der Waals surface area contributed by atoms with Crippen LogP contribution in [0.25, 0.3) is 0 Å². The zero-order valence-corrected chi connectivity index (χ0v) is 12.3. The van der Waals surface area contributed by atoms with E-state index in [4.69, 9.17) is 14.2 Å². The third-order valence-corrected chi connectivity index (χ3v) is 3.06. The number of carbonyl (C=O) groups excluding carboxylic acids is 2. The summed E-state index contributed by atoms with van der Waals surface area (Å²) in [7, 11) is 0. The highest BCUT2D eigenvalue weighted by Crippen LogP contribution is 2.30. The Kier molecular flexibility index (Phi) is 3.48. The van der Waals surface area contributed by atoms with Crippen molar-refractivity contribution in [2.75, 3.05) is 5.32 Å².